The largest absolute Gasteiger partial charge is 0.486 e. The van der Waals surface area contributed by atoms with E-state index >= 15 is 0 Å². The highest BCUT2D eigenvalue weighted by Gasteiger charge is 2.28. The Hall–Kier alpha value is -3.52. The summed E-state index contributed by atoms with van der Waals surface area (Å²) in [5.41, 5.74) is 2.36. The molecular formula is C25H26N2O5S. The number of sulfonamides is 1. The van der Waals surface area contributed by atoms with Gasteiger partial charge in [-0.15, -0.1) is 0 Å². The van der Waals surface area contributed by atoms with Crippen molar-refractivity contribution in [2.45, 2.75) is 24.8 Å². The van der Waals surface area contributed by atoms with Gasteiger partial charge < -0.3 is 14.8 Å². The Balaban J connectivity index is 1.49. The normalized spacial score (nSPS) is 15.0. The molecule has 0 fully saturated rings. The lowest BCUT2D eigenvalue weighted by atomic mass is 10.2. The van der Waals surface area contributed by atoms with Crippen LogP contribution in [-0.2, 0) is 14.8 Å². The van der Waals surface area contributed by atoms with E-state index in [1.807, 2.05) is 44.2 Å². The zero-order valence-corrected chi connectivity index (χ0v) is 19.3. The molecule has 3 aromatic rings. The molecule has 33 heavy (non-hydrogen) atoms. The number of fused-ring (bicyclic) bond motifs is 1. The molecule has 0 spiro atoms. The fourth-order valence-corrected chi connectivity index (χ4v) is 4.86. The van der Waals surface area contributed by atoms with Gasteiger partial charge in [0.2, 0.25) is 5.91 Å². The Bertz CT molecular complexity index is 1220. The molecule has 3 aromatic carbocycles. The summed E-state index contributed by atoms with van der Waals surface area (Å²) in [7, 11) is -3.95. The topological polar surface area (TPSA) is 84.9 Å². The second kappa shape index (κ2) is 9.54. The maximum atomic E-state index is 13.4. The molecule has 1 aliphatic rings. The number of rotatable bonds is 7. The molecule has 0 aliphatic carbocycles. The van der Waals surface area contributed by atoms with Crippen LogP contribution in [0.1, 0.15) is 11.1 Å². The van der Waals surface area contributed by atoms with Crippen LogP contribution < -0.4 is 19.1 Å². The van der Waals surface area contributed by atoms with E-state index in [2.05, 4.69) is 5.32 Å². The van der Waals surface area contributed by atoms with Gasteiger partial charge in [-0.05, 0) is 50.2 Å². The minimum Gasteiger partial charge on any atom is -0.486 e. The van der Waals surface area contributed by atoms with E-state index in [4.69, 9.17) is 9.47 Å². The Kier molecular flexibility index (Phi) is 6.55. The summed E-state index contributed by atoms with van der Waals surface area (Å²) in [6, 6.07) is 20.9. The van der Waals surface area contributed by atoms with Crippen LogP contribution >= 0.6 is 0 Å². The first-order chi connectivity index (χ1) is 15.8. The van der Waals surface area contributed by atoms with Crippen molar-refractivity contribution in [2.24, 2.45) is 0 Å². The number of benzene rings is 3. The predicted molar refractivity (Wildman–Crippen MR) is 126 cm³/mol. The van der Waals surface area contributed by atoms with Crippen LogP contribution in [0.25, 0.3) is 0 Å². The highest BCUT2D eigenvalue weighted by atomic mass is 32.2. The molecule has 1 N–H and O–H groups in total. The zero-order chi connectivity index (χ0) is 23.4. The van der Waals surface area contributed by atoms with Crippen molar-refractivity contribution < 1.29 is 22.7 Å². The predicted octanol–water partition coefficient (Wildman–Crippen LogP) is 3.45. The smallest absolute Gasteiger partial charge is 0.264 e. The van der Waals surface area contributed by atoms with Crippen molar-refractivity contribution in [1.82, 2.24) is 5.32 Å². The van der Waals surface area contributed by atoms with Gasteiger partial charge >= 0.3 is 0 Å². The van der Waals surface area contributed by atoms with Crippen molar-refractivity contribution in [3.05, 3.63) is 83.9 Å². The summed E-state index contributed by atoms with van der Waals surface area (Å²) < 4.78 is 39.5. The van der Waals surface area contributed by atoms with E-state index < -0.39 is 15.9 Å². The molecule has 0 unspecified atom stereocenters. The lowest BCUT2D eigenvalue weighted by Crippen LogP contribution is -2.45. The molecule has 0 aromatic heterocycles. The number of nitrogens with zero attached hydrogens (tertiary/aromatic N) is 1. The molecule has 0 saturated heterocycles. The molecule has 4 rings (SSSR count). The Morgan fingerprint density at radius 1 is 0.939 bits per heavy atom. The number of ether oxygens (including phenoxy) is 2. The third-order valence-electron chi connectivity index (χ3n) is 5.31. The highest BCUT2D eigenvalue weighted by molar-refractivity contribution is 7.92. The average Bonchev–Trinajstić information content (AvgIpc) is 2.82. The van der Waals surface area contributed by atoms with Gasteiger partial charge in [0.25, 0.3) is 10.0 Å². The van der Waals surface area contributed by atoms with Crippen molar-refractivity contribution in [2.75, 3.05) is 24.0 Å². The first-order valence-electron chi connectivity index (χ1n) is 10.6. The first-order valence-corrected chi connectivity index (χ1v) is 12.1. The molecule has 172 valence electrons. The fourth-order valence-electron chi connectivity index (χ4n) is 3.44. The van der Waals surface area contributed by atoms with Gasteiger partial charge in [0.1, 0.15) is 19.3 Å². The summed E-state index contributed by atoms with van der Waals surface area (Å²) in [5, 5.41) is 2.78. The van der Waals surface area contributed by atoms with E-state index in [0.29, 0.717) is 23.8 Å². The van der Waals surface area contributed by atoms with Gasteiger partial charge in [-0.1, -0.05) is 47.5 Å². The van der Waals surface area contributed by atoms with Crippen molar-refractivity contribution in [1.29, 1.82) is 0 Å². The zero-order valence-electron chi connectivity index (χ0n) is 18.5. The van der Waals surface area contributed by atoms with Gasteiger partial charge in [0.05, 0.1) is 17.1 Å². The van der Waals surface area contributed by atoms with Crippen LogP contribution in [-0.4, -0.2) is 40.1 Å². The van der Waals surface area contributed by atoms with Crippen LogP contribution in [0.5, 0.6) is 11.5 Å². The van der Waals surface area contributed by atoms with Crippen LogP contribution in [0.3, 0.4) is 0 Å². The SMILES string of the molecule is Cc1ccc(N(CC(=O)NC[C@@H]2COc3ccccc3O2)S(=O)(=O)c2ccc(C)cc2)cc1. The molecule has 1 amide bonds. The number of hydrogen-bond acceptors (Lipinski definition) is 5. The van der Waals surface area contributed by atoms with Crippen LogP contribution in [0.4, 0.5) is 5.69 Å². The van der Waals surface area contributed by atoms with E-state index in [1.165, 1.54) is 0 Å². The van der Waals surface area contributed by atoms with Gasteiger partial charge in [0, 0.05) is 0 Å². The van der Waals surface area contributed by atoms with Crippen LogP contribution in [0.2, 0.25) is 0 Å². The second-order valence-electron chi connectivity index (χ2n) is 7.96. The summed E-state index contributed by atoms with van der Waals surface area (Å²) in [6.07, 6.45) is -0.370. The molecule has 1 aliphatic heterocycles. The Morgan fingerprint density at radius 3 is 2.21 bits per heavy atom. The third-order valence-corrected chi connectivity index (χ3v) is 7.10. The van der Waals surface area contributed by atoms with Crippen molar-refractivity contribution in [3.8, 4) is 11.5 Å². The number of aryl methyl sites for hydroxylation is 2. The highest BCUT2D eigenvalue weighted by Crippen LogP contribution is 2.30. The average molecular weight is 467 g/mol. The molecule has 8 heteroatoms. The van der Waals surface area contributed by atoms with E-state index in [9.17, 15) is 13.2 Å². The fraction of sp³-hybridized carbons (Fsp3) is 0.240. The van der Waals surface area contributed by atoms with Crippen molar-refractivity contribution >= 4 is 21.6 Å². The van der Waals surface area contributed by atoms with E-state index in [-0.39, 0.29) is 24.1 Å². The number of amides is 1. The summed E-state index contributed by atoms with van der Waals surface area (Å²) in [5.74, 6) is 0.842. The Labute approximate surface area is 194 Å². The number of para-hydroxylation sites is 2. The molecule has 0 saturated carbocycles. The molecular weight excluding hydrogens is 440 g/mol. The number of carbonyl (C=O) groups is 1. The minimum absolute atomic E-state index is 0.127. The van der Waals surface area contributed by atoms with E-state index in [1.54, 1.807) is 42.5 Å². The maximum absolute atomic E-state index is 13.4. The molecule has 1 heterocycles. The standard InChI is InChI=1S/C25H26N2O5S/c1-18-7-11-20(12-8-18)27(33(29,30)22-13-9-19(2)10-14-22)16-25(28)26-15-21-17-31-23-5-3-4-6-24(23)32-21/h3-14,21H,15-17H2,1-2H3,(H,26,28)/t21-/m1/s1. The van der Waals surface area contributed by atoms with E-state index in [0.717, 1.165) is 15.4 Å². The lowest BCUT2D eigenvalue weighted by Gasteiger charge is -2.27. The molecule has 0 radical (unpaired) electrons. The number of hydrogen-bond donors (Lipinski definition) is 1. The monoisotopic (exact) mass is 466 g/mol. The second-order valence-corrected chi connectivity index (χ2v) is 9.82. The summed E-state index contributed by atoms with van der Waals surface area (Å²) >= 11 is 0. The number of nitrogens with one attached hydrogen (secondary N) is 1. The quantitative estimate of drug-likeness (QED) is 0.577. The van der Waals surface area contributed by atoms with Crippen LogP contribution in [0.15, 0.2) is 77.7 Å². The number of anilines is 1. The van der Waals surface area contributed by atoms with Crippen LogP contribution in [0, 0.1) is 13.8 Å². The molecule has 1 atom stereocenters. The third kappa shape index (κ3) is 5.28. The molecule has 0 bridgehead atoms. The molecule has 7 nitrogen and oxygen atoms in total. The summed E-state index contributed by atoms with van der Waals surface area (Å²) in [6.45, 7) is 3.93. The Morgan fingerprint density at radius 2 is 1.55 bits per heavy atom. The minimum atomic E-state index is -3.95. The van der Waals surface area contributed by atoms with Gasteiger partial charge in [-0.2, -0.15) is 0 Å². The van der Waals surface area contributed by atoms with Gasteiger partial charge in [0.15, 0.2) is 11.5 Å². The summed E-state index contributed by atoms with van der Waals surface area (Å²) in [4.78, 5) is 12.9. The lowest BCUT2D eigenvalue weighted by molar-refractivity contribution is -0.120. The maximum Gasteiger partial charge on any atom is 0.264 e. The van der Waals surface area contributed by atoms with Gasteiger partial charge in [-0.3, -0.25) is 9.10 Å². The first kappa shape index (κ1) is 22.7. The van der Waals surface area contributed by atoms with Crippen molar-refractivity contribution in [3.63, 3.8) is 0 Å². The number of carbonyl (C=O) groups excluding carboxylic acids is 1. The van der Waals surface area contributed by atoms with Gasteiger partial charge in [-0.25, -0.2) is 8.42 Å².